The first-order valence-electron chi connectivity index (χ1n) is 12.4. The normalized spacial score (nSPS) is 44.6. The average Bonchev–Trinajstić information content (AvgIpc) is 3.27. The van der Waals surface area contributed by atoms with Crippen molar-refractivity contribution in [3.8, 4) is 0 Å². The molecule has 0 amide bonds. The highest BCUT2D eigenvalue weighted by Gasteiger charge is 2.68. The predicted molar refractivity (Wildman–Crippen MR) is 121 cm³/mol. The van der Waals surface area contributed by atoms with Crippen molar-refractivity contribution in [1.82, 2.24) is 0 Å². The lowest BCUT2D eigenvalue weighted by Gasteiger charge is -2.62. The van der Waals surface area contributed by atoms with Gasteiger partial charge in [-0.15, -0.1) is 0 Å². The third kappa shape index (κ3) is 3.28. The summed E-state index contributed by atoms with van der Waals surface area (Å²) in [6.07, 6.45) is 6.87. The van der Waals surface area contributed by atoms with E-state index in [1.54, 1.807) is 6.26 Å². The second-order valence-electron chi connectivity index (χ2n) is 11.8. The van der Waals surface area contributed by atoms with Crippen LogP contribution in [-0.2, 0) is 9.59 Å². The Balaban J connectivity index is 1.61. The van der Waals surface area contributed by atoms with Crippen molar-refractivity contribution < 1.29 is 29.3 Å². The lowest BCUT2D eigenvalue weighted by molar-refractivity contribution is -0.180. The number of ketones is 1. The van der Waals surface area contributed by atoms with E-state index in [0.717, 1.165) is 36.2 Å². The van der Waals surface area contributed by atoms with Gasteiger partial charge in [-0.05, 0) is 86.3 Å². The largest absolute Gasteiger partial charge is 0.481 e. The molecule has 6 nitrogen and oxygen atoms in total. The number of aliphatic hydroxyl groups excluding tert-OH is 1. The summed E-state index contributed by atoms with van der Waals surface area (Å²) in [6.45, 7) is 6.28. The molecule has 0 saturated heterocycles. The van der Waals surface area contributed by atoms with Crippen molar-refractivity contribution >= 4 is 11.8 Å². The second kappa shape index (κ2) is 7.54. The van der Waals surface area contributed by atoms with Crippen LogP contribution in [0.3, 0.4) is 0 Å². The van der Waals surface area contributed by atoms with Crippen molar-refractivity contribution in [1.29, 1.82) is 0 Å². The number of fused-ring (bicyclic) bond motifs is 5. The van der Waals surface area contributed by atoms with E-state index < -0.39 is 23.1 Å². The van der Waals surface area contributed by atoms with Crippen LogP contribution >= 0.6 is 0 Å². The summed E-state index contributed by atoms with van der Waals surface area (Å²) < 4.78 is 6.01. The number of carbonyl (C=O) groups is 2. The van der Waals surface area contributed by atoms with Crippen molar-refractivity contribution in [2.75, 3.05) is 0 Å². The van der Waals surface area contributed by atoms with Crippen LogP contribution in [0.1, 0.15) is 82.5 Å². The van der Waals surface area contributed by atoms with E-state index in [0.29, 0.717) is 19.3 Å². The Morgan fingerprint density at radius 3 is 2.70 bits per heavy atom. The number of furan rings is 1. The molecule has 0 bridgehead atoms. The van der Waals surface area contributed by atoms with E-state index in [9.17, 15) is 24.9 Å². The first-order valence-corrected chi connectivity index (χ1v) is 12.4. The number of rotatable bonds is 4. The smallest absolute Gasteiger partial charge is 0.303 e. The number of hydrogen-bond acceptors (Lipinski definition) is 5. The van der Waals surface area contributed by atoms with E-state index >= 15 is 0 Å². The Bertz CT molecular complexity index is 1010. The molecule has 180 valence electrons. The SMILES string of the molecule is Cc1coc(C2CC3=CC(=O)CC[C@]3(C)[C@H]3C(O)C[C@@]4(C)[C@@H](CC[C@]4(O)CCC(=O)O)[C@H]23)c1. The molecule has 6 heteroatoms. The molecule has 1 aromatic rings. The molecule has 1 aromatic heterocycles. The van der Waals surface area contributed by atoms with Crippen LogP contribution in [0.25, 0.3) is 0 Å². The Labute approximate surface area is 195 Å². The number of carboxylic acids is 1. The van der Waals surface area contributed by atoms with Gasteiger partial charge in [0.2, 0.25) is 0 Å². The number of carbonyl (C=O) groups excluding carboxylic acids is 1. The Hall–Kier alpha value is -1.92. The molecule has 0 spiro atoms. The van der Waals surface area contributed by atoms with Gasteiger partial charge in [0.1, 0.15) is 5.76 Å². The van der Waals surface area contributed by atoms with Gasteiger partial charge in [-0.25, -0.2) is 0 Å². The van der Waals surface area contributed by atoms with Crippen LogP contribution in [0, 0.1) is 35.5 Å². The molecule has 0 radical (unpaired) electrons. The summed E-state index contributed by atoms with van der Waals surface area (Å²) in [5.74, 6) is 0.390. The standard InChI is InChI=1S/C27H36O6/c1-15-10-21(33-14-15)18-12-16-11-17(28)4-7-25(16,2)24-20(29)13-26(3)19(23(18)24)5-8-27(26,32)9-6-22(30)31/h10-11,14,18-20,23-24,29,32H,4-9,12-13H2,1-3H3,(H,30,31)/t18?,19-,20?,23-,24-,25-,26-,27-/m0/s1. The quantitative estimate of drug-likeness (QED) is 0.621. The van der Waals surface area contributed by atoms with Crippen molar-refractivity contribution in [3.63, 3.8) is 0 Å². The van der Waals surface area contributed by atoms with Crippen LogP contribution in [-0.4, -0.2) is 38.8 Å². The monoisotopic (exact) mass is 456 g/mol. The van der Waals surface area contributed by atoms with Gasteiger partial charge in [0.15, 0.2) is 5.78 Å². The third-order valence-electron chi connectivity index (χ3n) is 10.1. The topological polar surface area (TPSA) is 108 Å². The summed E-state index contributed by atoms with van der Waals surface area (Å²) in [5.41, 5.74) is 0.253. The average molecular weight is 457 g/mol. The van der Waals surface area contributed by atoms with Gasteiger partial charge in [-0.1, -0.05) is 19.4 Å². The van der Waals surface area contributed by atoms with Gasteiger partial charge in [0.05, 0.1) is 18.0 Å². The van der Waals surface area contributed by atoms with Gasteiger partial charge in [0.25, 0.3) is 0 Å². The molecular weight excluding hydrogens is 420 g/mol. The highest BCUT2D eigenvalue weighted by molar-refractivity contribution is 5.91. The van der Waals surface area contributed by atoms with Crippen LogP contribution in [0.2, 0.25) is 0 Å². The summed E-state index contributed by atoms with van der Waals surface area (Å²) in [6, 6.07) is 2.07. The van der Waals surface area contributed by atoms with Gasteiger partial charge in [-0.2, -0.15) is 0 Å². The second-order valence-corrected chi connectivity index (χ2v) is 11.8. The van der Waals surface area contributed by atoms with Crippen molar-refractivity contribution in [2.24, 2.45) is 28.6 Å². The molecule has 3 fully saturated rings. The van der Waals surface area contributed by atoms with Gasteiger partial charge in [-0.3, -0.25) is 9.59 Å². The molecule has 33 heavy (non-hydrogen) atoms. The molecule has 5 rings (SSSR count). The van der Waals surface area contributed by atoms with Crippen molar-refractivity contribution in [3.05, 3.63) is 35.3 Å². The Kier molecular flexibility index (Phi) is 5.22. The molecule has 2 unspecified atom stereocenters. The minimum absolute atomic E-state index is 0.0232. The van der Waals surface area contributed by atoms with E-state index in [-0.39, 0.29) is 47.7 Å². The molecule has 1 heterocycles. The lowest BCUT2D eigenvalue weighted by atomic mass is 9.43. The van der Waals surface area contributed by atoms with E-state index in [1.807, 2.05) is 13.0 Å². The van der Waals surface area contributed by atoms with E-state index in [4.69, 9.17) is 4.42 Å². The molecule has 0 aromatic carbocycles. The highest BCUT2D eigenvalue weighted by Crippen LogP contribution is 2.70. The number of allylic oxidation sites excluding steroid dienone is 1. The molecular formula is C27H36O6. The maximum absolute atomic E-state index is 12.4. The molecule has 0 aliphatic heterocycles. The van der Waals surface area contributed by atoms with Crippen LogP contribution in [0.4, 0.5) is 0 Å². The van der Waals surface area contributed by atoms with Gasteiger partial charge < -0.3 is 19.7 Å². The number of hydrogen-bond donors (Lipinski definition) is 3. The zero-order valence-corrected chi connectivity index (χ0v) is 19.8. The zero-order valence-electron chi connectivity index (χ0n) is 19.8. The van der Waals surface area contributed by atoms with E-state index in [2.05, 4.69) is 19.9 Å². The third-order valence-corrected chi connectivity index (χ3v) is 10.1. The first kappa shape index (κ1) is 22.9. The zero-order chi connectivity index (χ0) is 23.8. The fourth-order valence-electron chi connectivity index (χ4n) is 8.43. The Morgan fingerprint density at radius 1 is 1.27 bits per heavy atom. The first-order chi connectivity index (χ1) is 15.5. The minimum atomic E-state index is -1.11. The van der Waals surface area contributed by atoms with Crippen LogP contribution in [0.15, 0.2) is 28.4 Å². The van der Waals surface area contributed by atoms with Crippen LogP contribution in [0.5, 0.6) is 0 Å². The van der Waals surface area contributed by atoms with E-state index in [1.165, 1.54) is 0 Å². The number of aryl methyl sites for hydroxylation is 1. The number of aliphatic hydroxyl groups is 2. The maximum Gasteiger partial charge on any atom is 0.303 e. The molecule has 4 aliphatic carbocycles. The lowest BCUT2D eigenvalue weighted by Crippen LogP contribution is -2.61. The molecule has 3 N–H and O–H groups in total. The molecule has 8 atom stereocenters. The summed E-state index contributed by atoms with van der Waals surface area (Å²) in [4.78, 5) is 23.7. The number of carboxylic acid groups (broad SMARTS) is 1. The predicted octanol–water partition coefficient (Wildman–Crippen LogP) is 4.38. The summed E-state index contributed by atoms with van der Waals surface area (Å²) >= 11 is 0. The fraction of sp³-hybridized carbons (Fsp3) is 0.704. The Morgan fingerprint density at radius 2 is 2.03 bits per heavy atom. The van der Waals surface area contributed by atoms with Crippen molar-refractivity contribution in [2.45, 2.75) is 89.8 Å². The van der Waals surface area contributed by atoms with Gasteiger partial charge >= 0.3 is 5.97 Å². The summed E-state index contributed by atoms with van der Waals surface area (Å²) in [5, 5.41) is 32.7. The van der Waals surface area contributed by atoms with Gasteiger partial charge in [0, 0.05) is 24.2 Å². The molecule has 3 saturated carbocycles. The number of aliphatic carboxylic acids is 1. The maximum atomic E-state index is 12.4. The molecule has 4 aliphatic rings. The fourth-order valence-corrected chi connectivity index (χ4v) is 8.43. The summed E-state index contributed by atoms with van der Waals surface area (Å²) in [7, 11) is 0. The minimum Gasteiger partial charge on any atom is -0.481 e. The highest BCUT2D eigenvalue weighted by atomic mass is 16.4. The van der Waals surface area contributed by atoms with Crippen LogP contribution < -0.4 is 0 Å².